The van der Waals surface area contributed by atoms with E-state index in [0.717, 1.165) is 53.5 Å². The van der Waals surface area contributed by atoms with Gasteiger partial charge >= 0.3 is 11.9 Å². The maximum absolute atomic E-state index is 9.55. The summed E-state index contributed by atoms with van der Waals surface area (Å²) < 4.78 is 22.6. The largest absolute Gasteiger partial charge is 0.493 e. The second-order valence-electron chi connectivity index (χ2n) is 7.88. The minimum absolute atomic E-state index is 0.333. The van der Waals surface area contributed by atoms with Crippen LogP contribution in [0.15, 0.2) is 30.4 Å². The lowest BCUT2D eigenvalue weighted by molar-refractivity contribution is -0.134. The number of ether oxygens (including phenoxy) is 4. The van der Waals surface area contributed by atoms with E-state index in [4.69, 9.17) is 29.2 Å². The number of nitrogens with zero attached hydrogens (tertiary/aromatic N) is 1. The van der Waals surface area contributed by atoms with Crippen LogP contribution < -0.4 is 18.9 Å². The number of fused-ring (bicyclic) bond motifs is 2. The molecule has 9 heteroatoms. The molecule has 4 rings (SSSR count). The van der Waals surface area contributed by atoms with Gasteiger partial charge < -0.3 is 29.2 Å². The van der Waals surface area contributed by atoms with Crippen LogP contribution in [0.25, 0.3) is 11.1 Å². The molecule has 0 fully saturated rings. The average molecular weight is 472 g/mol. The lowest BCUT2D eigenvalue weighted by Gasteiger charge is -2.40. The smallest absolute Gasteiger partial charge is 0.328 e. The number of likely N-dealkylation sites (N-methyl/N-ethyl adjacent to an activating group) is 1. The van der Waals surface area contributed by atoms with Gasteiger partial charge in [-0.25, -0.2) is 9.59 Å². The van der Waals surface area contributed by atoms with E-state index in [2.05, 4.69) is 30.1 Å². The first-order chi connectivity index (χ1) is 16.2. The van der Waals surface area contributed by atoms with Crippen molar-refractivity contribution in [2.45, 2.75) is 18.9 Å². The predicted molar refractivity (Wildman–Crippen MR) is 125 cm³/mol. The van der Waals surface area contributed by atoms with Gasteiger partial charge in [0.25, 0.3) is 0 Å². The zero-order valence-electron chi connectivity index (χ0n) is 19.9. The summed E-state index contributed by atoms with van der Waals surface area (Å²) >= 11 is 0. The Bertz CT molecular complexity index is 1110. The van der Waals surface area contributed by atoms with Gasteiger partial charge in [0.2, 0.25) is 0 Å². The van der Waals surface area contributed by atoms with Crippen molar-refractivity contribution in [1.82, 2.24) is 4.90 Å². The minimum atomic E-state index is -1.26. The molecule has 9 nitrogen and oxygen atoms in total. The summed E-state index contributed by atoms with van der Waals surface area (Å²) in [7, 11) is 8.94. The maximum atomic E-state index is 9.55. The van der Waals surface area contributed by atoms with E-state index in [-0.39, 0.29) is 0 Å². The Balaban J connectivity index is 0.000000350. The first kappa shape index (κ1) is 24.9. The highest BCUT2D eigenvalue weighted by Gasteiger charge is 2.36. The van der Waals surface area contributed by atoms with Crippen molar-refractivity contribution >= 4 is 11.9 Å². The molecule has 2 aliphatic rings. The lowest BCUT2D eigenvalue weighted by Crippen LogP contribution is -2.35. The Morgan fingerprint density at radius 1 is 0.882 bits per heavy atom. The van der Waals surface area contributed by atoms with Crippen molar-refractivity contribution in [3.63, 3.8) is 0 Å². The van der Waals surface area contributed by atoms with Crippen LogP contribution in [-0.2, 0) is 22.4 Å². The zero-order chi connectivity index (χ0) is 25.0. The summed E-state index contributed by atoms with van der Waals surface area (Å²) in [5.41, 5.74) is 6.21. The number of carboxylic acid groups (broad SMARTS) is 2. The highest BCUT2D eigenvalue weighted by atomic mass is 16.5. The molecular formula is C25H29NO8. The third-order valence-electron chi connectivity index (χ3n) is 6.06. The fourth-order valence-electron chi connectivity index (χ4n) is 4.52. The Morgan fingerprint density at radius 2 is 1.44 bits per heavy atom. The second-order valence-corrected chi connectivity index (χ2v) is 7.88. The normalized spacial score (nSPS) is 16.0. The Morgan fingerprint density at radius 3 is 1.97 bits per heavy atom. The molecule has 0 saturated heterocycles. The van der Waals surface area contributed by atoms with Gasteiger partial charge in [0.1, 0.15) is 0 Å². The van der Waals surface area contributed by atoms with Crippen molar-refractivity contribution in [2.24, 2.45) is 0 Å². The van der Waals surface area contributed by atoms with Crippen molar-refractivity contribution in [1.29, 1.82) is 0 Å². The van der Waals surface area contributed by atoms with Gasteiger partial charge in [-0.15, -0.1) is 0 Å². The number of hydrogen-bond donors (Lipinski definition) is 2. The summed E-state index contributed by atoms with van der Waals surface area (Å²) in [6, 6.07) is 6.64. The van der Waals surface area contributed by atoms with Gasteiger partial charge in [0, 0.05) is 30.3 Å². The second kappa shape index (κ2) is 10.5. The predicted octanol–water partition coefficient (Wildman–Crippen LogP) is 3.18. The highest BCUT2D eigenvalue weighted by Crippen LogP contribution is 2.53. The average Bonchev–Trinajstić information content (AvgIpc) is 2.83. The molecule has 0 radical (unpaired) electrons. The van der Waals surface area contributed by atoms with Gasteiger partial charge in [-0.1, -0.05) is 0 Å². The lowest BCUT2D eigenvalue weighted by atomic mass is 9.76. The van der Waals surface area contributed by atoms with Crippen molar-refractivity contribution in [2.75, 3.05) is 42.0 Å². The van der Waals surface area contributed by atoms with Crippen molar-refractivity contribution in [3.05, 3.63) is 47.0 Å². The van der Waals surface area contributed by atoms with Crippen LogP contribution in [0.5, 0.6) is 23.0 Å². The molecule has 0 unspecified atom stereocenters. The Hall–Kier alpha value is -3.72. The van der Waals surface area contributed by atoms with E-state index < -0.39 is 11.9 Å². The molecular weight excluding hydrogens is 442 g/mol. The minimum Gasteiger partial charge on any atom is -0.493 e. The Labute approximate surface area is 198 Å². The van der Waals surface area contributed by atoms with Crippen LogP contribution in [-0.4, -0.2) is 69.1 Å². The molecule has 1 aliphatic carbocycles. The molecule has 2 aromatic rings. The van der Waals surface area contributed by atoms with Crippen LogP contribution >= 0.6 is 0 Å². The van der Waals surface area contributed by atoms with Crippen LogP contribution in [0.2, 0.25) is 0 Å². The van der Waals surface area contributed by atoms with Crippen LogP contribution in [0.4, 0.5) is 0 Å². The fourth-order valence-corrected chi connectivity index (χ4v) is 4.52. The van der Waals surface area contributed by atoms with Gasteiger partial charge in [0.05, 0.1) is 28.4 Å². The first-order valence-electron chi connectivity index (χ1n) is 10.6. The molecule has 0 bridgehead atoms. The van der Waals surface area contributed by atoms with E-state index in [1.165, 1.54) is 16.7 Å². The van der Waals surface area contributed by atoms with Crippen LogP contribution in [0, 0.1) is 0 Å². The molecule has 182 valence electrons. The summed E-state index contributed by atoms with van der Waals surface area (Å²) in [4.78, 5) is 21.5. The topological polar surface area (TPSA) is 115 Å². The third-order valence-corrected chi connectivity index (χ3v) is 6.06. The van der Waals surface area contributed by atoms with E-state index in [1.54, 1.807) is 28.4 Å². The zero-order valence-corrected chi connectivity index (χ0v) is 19.9. The number of carbonyl (C=O) groups is 2. The number of rotatable bonds is 6. The van der Waals surface area contributed by atoms with Gasteiger partial charge in [0.15, 0.2) is 23.0 Å². The highest BCUT2D eigenvalue weighted by molar-refractivity contribution is 5.89. The first-order valence-corrected chi connectivity index (χ1v) is 10.6. The number of aliphatic carboxylic acids is 2. The van der Waals surface area contributed by atoms with E-state index in [0.29, 0.717) is 18.2 Å². The third kappa shape index (κ3) is 4.79. The van der Waals surface area contributed by atoms with Gasteiger partial charge in [-0.05, 0) is 60.3 Å². The monoisotopic (exact) mass is 471 g/mol. The van der Waals surface area contributed by atoms with Crippen molar-refractivity contribution in [3.8, 4) is 34.1 Å². The SMILES string of the molecule is COc1cc2c(cc1OC)-c1c(OC)c(OC)cc3c1[C@H](C2)N(C)CC3.O=C(O)/C=C/C(=O)O. The molecule has 2 aromatic carbocycles. The number of benzene rings is 2. The van der Waals surface area contributed by atoms with Gasteiger partial charge in [-0.3, -0.25) is 4.90 Å². The number of carboxylic acids is 2. The van der Waals surface area contributed by atoms with E-state index in [9.17, 15) is 9.59 Å². The molecule has 0 spiro atoms. The summed E-state index contributed by atoms with van der Waals surface area (Å²) in [5, 5.41) is 15.6. The molecule has 2 N–H and O–H groups in total. The number of methoxy groups -OCH3 is 4. The van der Waals surface area contributed by atoms with Crippen molar-refractivity contribution < 1.29 is 38.7 Å². The van der Waals surface area contributed by atoms with Crippen LogP contribution in [0.1, 0.15) is 22.7 Å². The molecule has 0 amide bonds. The number of hydrogen-bond acceptors (Lipinski definition) is 7. The summed E-state index contributed by atoms with van der Waals surface area (Å²) in [5.74, 6) is 0.550. The van der Waals surface area contributed by atoms with E-state index >= 15 is 0 Å². The quantitative estimate of drug-likeness (QED) is 0.613. The summed E-state index contributed by atoms with van der Waals surface area (Å²) in [6.07, 6.45) is 3.07. The fraction of sp³-hybridized carbons (Fsp3) is 0.360. The summed E-state index contributed by atoms with van der Waals surface area (Å²) in [6.45, 7) is 1.04. The molecule has 1 aliphatic heterocycles. The Kier molecular flexibility index (Phi) is 7.68. The molecule has 0 aromatic heterocycles. The van der Waals surface area contributed by atoms with Crippen LogP contribution in [0.3, 0.4) is 0 Å². The van der Waals surface area contributed by atoms with E-state index in [1.807, 2.05) is 0 Å². The standard InChI is InChI=1S/C21H25NO4.C4H4O4/c1-22-7-6-12-9-18(25-4)21(26-5)20-14-11-17(24-3)16(23-2)10-13(14)8-15(22)19(12)20;5-3(6)1-2-4(7)8/h9-11,15H,6-8H2,1-5H3;1-2H,(H,5,6)(H,7,8)/b;2-1+/t15-;/m0./s1. The molecule has 34 heavy (non-hydrogen) atoms. The maximum Gasteiger partial charge on any atom is 0.328 e. The van der Waals surface area contributed by atoms with Gasteiger partial charge in [-0.2, -0.15) is 0 Å². The molecule has 1 atom stereocenters. The molecule has 1 heterocycles. The molecule has 0 saturated carbocycles.